The van der Waals surface area contributed by atoms with E-state index in [0.717, 1.165) is 0 Å². The van der Waals surface area contributed by atoms with Gasteiger partial charge in [0.1, 0.15) is 5.75 Å². The summed E-state index contributed by atoms with van der Waals surface area (Å²) in [6.45, 7) is 0. The summed E-state index contributed by atoms with van der Waals surface area (Å²) in [5, 5.41) is 0. The molecule has 0 heterocycles. The molecule has 1 rings (SSSR count). The van der Waals surface area contributed by atoms with E-state index in [1.807, 2.05) is 0 Å². The molecule has 0 fully saturated rings. The van der Waals surface area contributed by atoms with Crippen molar-refractivity contribution in [2.45, 2.75) is 12.5 Å². The highest BCUT2D eigenvalue weighted by Gasteiger charge is 2.18. The van der Waals surface area contributed by atoms with Crippen molar-refractivity contribution in [2.24, 2.45) is 5.73 Å². The predicted octanol–water partition coefficient (Wildman–Crippen LogP) is 2.72. The summed E-state index contributed by atoms with van der Waals surface area (Å²) in [4.78, 5) is 0. The molecule has 1 aromatic rings. The van der Waals surface area contributed by atoms with Crippen molar-refractivity contribution in [2.75, 3.05) is 7.11 Å². The Kier molecular flexibility index (Phi) is 3.83. The second kappa shape index (κ2) is 4.70. The number of nitrogens with two attached hydrogens (primary N) is 1. The minimum atomic E-state index is -2.57. The fourth-order valence-electron chi connectivity index (χ4n) is 1.03. The van der Waals surface area contributed by atoms with Crippen LogP contribution in [0.5, 0.6) is 5.75 Å². The summed E-state index contributed by atoms with van der Waals surface area (Å²) in [7, 11) is 1.47. The highest BCUT2D eigenvalue weighted by molar-refractivity contribution is 9.10. The Morgan fingerprint density at radius 2 is 2.07 bits per heavy atom. The third kappa shape index (κ3) is 2.42. The first-order valence-electron chi connectivity index (χ1n) is 3.93. The van der Waals surface area contributed by atoms with Crippen LogP contribution in [0.25, 0.3) is 0 Å². The molecule has 0 amide bonds. The first kappa shape index (κ1) is 11.4. The van der Waals surface area contributed by atoms with Crippen molar-refractivity contribution in [3.05, 3.63) is 28.2 Å². The van der Waals surface area contributed by atoms with Crippen LogP contribution in [0.2, 0.25) is 0 Å². The molecule has 0 saturated carbocycles. The molecule has 5 heteroatoms. The van der Waals surface area contributed by atoms with Gasteiger partial charge >= 0.3 is 0 Å². The molecule has 14 heavy (non-hydrogen) atoms. The van der Waals surface area contributed by atoms with E-state index in [1.54, 1.807) is 12.1 Å². The molecule has 2 nitrogen and oxygen atoms in total. The van der Waals surface area contributed by atoms with E-state index in [4.69, 9.17) is 10.5 Å². The van der Waals surface area contributed by atoms with E-state index in [0.29, 0.717) is 15.8 Å². The lowest BCUT2D eigenvalue weighted by Crippen LogP contribution is -2.18. The van der Waals surface area contributed by atoms with Gasteiger partial charge in [-0.3, -0.25) is 0 Å². The first-order chi connectivity index (χ1) is 6.56. The number of ether oxygens (including phenoxy) is 1. The topological polar surface area (TPSA) is 35.2 Å². The fourth-order valence-corrected chi connectivity index (χ4v) is 1.44. The normalized spacial score (nSPS) is 13.0. The van der Waals surface area contributed by atoms with Gasteiger partial charge in [-0.15, -0.1) is 0 Å². The molecule has 1 aromatic carbocycles. The average Bonchev–Trinajstić information content (AvgIpc) is 2.17. The second-order valence-corrected chi connectivity index (χ2v) is 3.61. The number of hydrogen-bond acceptors (Lipinski definition) is 2. The molecule has 0 aliphatic heterocycles. The van der Waals surface area contributed by atoms with E-state index in [9.17, 15) is 8.78 Å². The Morgan fingerprint density at radius 3 is 2.57 bits per heavy atom. The van der Waals surface area contributed by atoms with Crippen LogP contribution in [0.15, 0.2) is 22.7 Å². The number of halogens is 3. The number of hydrogen-bond donors (Lipinski definition) is 1. The van der Waals surface area contributed by atoms with Crippen molar-refractivity contribution in [3.63, 3.8) is 0 Å². The van der Waals surface area contributed by atoms with Crippen molar-refractivity contribution < 1.29 is 13.5 Å². The Bertz CT molecular complexity index is 320. The molecule has 0 saturated heterocycles. The summed E-state index contributed by atoms with van der Waals surface area (Å²) in [6, 6.07) is 3.41. The molecule has 1 unspecified atom stereocenters. The largest absolute Gasteiger partial charge is 0.496 e. The highest BCUT2D eigenvalue weighted by Crippen LogP contribution is 2.29. The molecule has 0 spiro atoms. The van der Waals surface area contributed by atoms with Gasteiger partial charge in [-0.1, -0.05) is 6.07 Å². The van der Waals surface area contributed by atoms with Crippen molar-refractivity contribution in [1.29, 1.82) is 0 Å². The number of rotatable bonds is 3. The van der Waals surface area contributed by atoms with Crippen LogP contribution >= 0.6 is 15.9 Å². The van der Waals surface area contributed by atoms with Gasteiger partial charge in [-0.2, -0.15) is 0 Å². The lowest BCUT2D eigenvalue weighted by Gasteiger charge is -2.12. The smallest absolute Gasteiger partial charge is 0.257 e. The Balaban J connectivity index is 3.00. The van der Waals surface area contributed by atoms with Crippen LogP contribution in [-0.2, 0) is 0 Å². The summed E-state index contributed by atoms with van der Waals surface area (Å²) < 4.78 is 30.2. The molecule has 0 aromatic heterocycles. The quantitative estimate of drug-likeness (QED) is 0.912. The summed E-state index contributed by atoms with van der Waals surface area (Å²) >= 11 is 3.22. The van der Waals surface area contributed by atoms with E-state index < -0.39 is 12.5 Å². The highest BCUT2D eigenvalue weighted by atomic mass is 79.9. The maximum atomic E-state index is 12.3. The van der Waals surface area contributed by atoms with Gasteiger partial charge in [0, 0.05) is 0 Å². The van der Waals surface area contributed by atoms with Gasteiger partial charge in [0.2, 0.25) is 0 Å². The zero-order chi connectivity index (χ0) is 10.7. The molecule has 2 N–H and O–H groups in total. The van der Waals surface area contributed by atoms with Gasteiger partial charge < -0.3 is 10.5 Å². The average molecular weight is 266 g/mol. The monoisotopic (exact) mass is 265 g/mol. The van der Waals surface area contributed by atoms with Crippen LogP contribution in [0, 0.1) is 0 Å². The molecular formula is C9H10BrF2NO. The third-order valence-electron chi connectivity index (χ3n) is 1.83. The maximum Gasteiger partial charge on any atom is 0.257 e. The number of methoxy groups -OCH3 is 1. The van der Waals surface area contributed by atoms with Crippen LogP contribution in [-0.4, -0.2) is 13.5 Å². The van der Waals surface area contributed by atoms with Crippen LogP contribution in [0.3, 0.4) is 0 Å². The first-order valence-corrected chi connectivity index (χ1v) is 4.72. The summed E-state index contributed by atoms with van der Waals surface area (Å²) in [5.41, 5.74) is 5.65. The molecule has 0 aliphatic carbocycles. The van der Waals surface area contributed by atoms with Gasteiger partial charge in [0.15, 0.2) is 0 Å². The molecule has 78 valence electrons. The lowest BCUT2D eigenvalue weighted by molar-refractivity contribution is 0.116. The van der Waals surface area contributed by atoms with E-state index >= 15 is 0 Å². The van der Waals surface area contributed by atoms with Crippen molar-refractivity contribution >= 4 is 15.9 Å². The Labute approximate surface area is 89.2 Å². The van der Waals surface area contributed by atoms with E-state index in [1.165, 1.54) is 13.2 Å². The van der Waals surface area contributed by atoms with Crippen LogP contribution < -0.4 is 10.5 Å². The maximum absolute atomic E-state index is 12.3. The van der Waals surface area contributed by atoms with Gasteiger partial charge in [-0.05, 0) is 33.6 Å². The SMILES string of the molecule is COc1cc(C(N)C(F)F)ccc1Br. The third-order valence-corrected chi connectivity index (χ3v) is 2.49. The molecule has 0 bridgehead atoms. The predicted molar refractivity (Wildman–Crippen MR) is 53.6 cm³/mol. The van der Waals surface area contributed by atoms with Gasteiger partial charge in [0.05, 0.1) is 17.6 Å². The van der Waals surface area contributed by atoms with Crippen LogP contribution in [0.4, 0.5) is 8.78 Å². The zero-order valence-electron chi connectivity index (χ0n) is 7.51. The molecule has 0 aliphatic rings. The zero-order valence-corrected chi connectivity index (χ0v) is 9.09. The number of benzene rings is 1. The standard InChI is InChI=1S/C9H10BrF2NO/c1-14-7-4-5(2-3-6(7)10)8(13)9(11)12/h2-4,8-9H,13H2,1H3. The fraction of sp³-hybridized carbons (Fsp3) is 0.333. The Hall–Kier alpha value is -0.680. The van der Waals surface area contributed by atoms with E-state index in [2.05, 4.69) is 15.9 Å². The minimum Gasteiger partial charge on any atom is -0.496 e. The number of alkyl halides is 2. The lowest BCUT2D eigenvalue weighted by atomic mass is 10.1. The molecule has 1 atom stereocenters. The molecule has 0 radical (unpaired) electrons. The van der Waals surface area contributed by atoms with Gasteiger partial charge in [-0.25, -0.2) is 8.78 Å². The minimum absolute atomic E-state index is 0.361. The van der Waals surface area contributed by atoms with Gasteiger partial charge in [0.25, 0.3) is 6.43 Å². The Morgan fingerprint density at radius 1 is 1.43 bits per heavy atom. The van der Waals surface area contributed by atoms with Crippen molar-refractivity contribution in [1.82, 2.24) is 0 Å². The van der Waals surface area contributed by atoms with Crippen LogP contribution in [0.1, 0.15) is 11.6 Å². The second-order valence-electron chi connectivity index (χ2n) is 2.75. The van der Waals surface area contributed by atoms with Crippen molar-refractivity contribution in [3.8, 4) is 5.75 Å². The van der Waals surface area contributed by atoms with E-state index in [-0.39, 0.29) is 0 Å². The summed E-state index contributed by atoms with van der Waals surface area (Å²) in [5.74, 6) is 0.499. The summed E-state index contributed by atoms with van der Waals surface area (Å²) in [6.07, 6.45) is -2.57. The molecular weight excluding hydrogens is 256 g/mol.